The number of fused-ring (bicyclic) bond motifs is 2. The number of hydrogen-bond donors (Lipinski definition) is 2. The molecule has 1 fully saturated rings. The molecule has 37 heavy (non-hydrogen) atoms. The van der Waals surface area contributed by atoms with Crippen LogP contribution < -0.4 is 14.5 Å². The molecule has 1 amide bonds. The minimum Gasteiger partial charge on any atom is -0.507 e. The van der Waals surface area contributed by atoms with Gasteiger partial charge in [0, 0.05) is 17.5 Å². The summed E-state index contributed by atoms with van der Waals surface area (Å²) in [6, 6.07) is 12.4. The number of carboxylic acids is 1. The summed E-state index contributed by atoms with van der Waals surface area (Å²) >= 11 is 2.47. The third-order valence-electron chi connectivity index (χ3n) is 6.42. The third-order valence-corrected chi connectivity index (χ3v) is 8.36. The van der Waals surface area contributed by atoms with E-state index < -0.39 is 23.7 Å². The first-order valence-electron chi connectivity index (χ1n) is 11.3. The van der Waals surface area contributed by atoms with E-state index in [1.54, 1.807) is 30.3 Å². The number of likely N-dealkylation sites (N-methyl/N-ethyl adjacent to an activating group) is 1. The van der Waals surface area contributed by atoms with Gasteiger partial charge in [0.1, 0.15) is 24.2 Å². The van der Waals surface area contributed by atoms with Crippen LogP contribution in [-0.2, 0) is 9.59 Å². The maximum absolute atomic E-state index is 13.4. The first-order chi connectivity index (χ1) is 17.8. The molecule has 0 saturated carbocycles. The van der Waals surface area contributed by atoms with E-state index in [2.05, 4.69) is 4.98 Å². The van der Waals surface area contributed by atoms with Gasteiger partial charge in [0.15, 0.2) is 5.13 Å². The number of Topliss-reactive ketones (excluding diaryl/α,β-unsaturated/α-hetero) is 1. The molecule has 2 aliphatic heterocycles. The SMILES string of the molecule is CN1CCOc2ccc(/C(O)=C3\C(=O)C(=O)N(c4nc5ccc(C(=O)O)cc5s4)C3c3cccs3)cc21. The smallest absolute Gasteiger partial charge is 0.335 e. The molecule has 0 spiro atoms. The van der Waals surface area contributed by atoms with E-state index in [4.69, 9.17) is 4.74 Å². The Morgan fingerprint density at radius 1 is 1.11 bits per heavy atom. The van der Waals surface area contributed by atoms with Gasteiger partial charge in [-0.2, -0.15) is 0 Å². The lowest BCUT2D eigenvalue weighted by atomic mass is 9.99. The molecule has 9 nitrogen and oxygen atoms in total. The number of ether oxygens (including phenoxy) is 1. The Labute approximate surface area is 218 Å². The van der Waals surface area contributed by atoms with Crippen LogP contribution >= 0.6 is 22.7 Å². The Morgan fingerprint density at radius 3 is 2.68 bits per heavy atom. The quantitative estimate of drug-likeness (QED) is 0.223. The normalized spacial score (nSPS) is 18.8. The molecule has 186 valence electrons. The average molecular weight is 534 g/mol. The second-order valence-electron chi connectivity index (χ2n) is 8.62. The number of benzene rings is 2. The lowest BCUT2D eigenvalue weighted by Gasteiger charge is -2.28. The zero-order valence-corrected chi connectivity index (χ0v) is 21.0. The zero-order chi connectivity index (χ0) is 25.8. The number of aromatic nitrogens is 1. The third kappa shape index (κ3) is 3.74. The summed E-state index contributed by atoms with van der Waals surface area (Å²) in [7, 11) is 1.92. The number of carbonyl (C=O) groups is 3. The Kier molecular flexibility index (Phi) is 5.46. The van der Waals surface area contributed by atoms with Crippen LogP contribution in [-0.4, -0.2) is 53.1 Å². The van der Waals surface area contributed by atoms with Gasteiger partial charge in [-0.25, -0.2) is 9.78 Å². The molecule has 0 aliphatic carbocycles. The van der Waals surface area contributed by atoms with Gasteiger partial charge in [0.25, 0.3) is 5.78 Å². The number of carbonyl (C=O) groups excluding carboxylic acids is 2. The van der Waals surface area contributed by atoms with Gasteiger partial charge in [-0.05, 0) is 47.8 Å². The molecule has 4 heterocycles. The van der Waals surface area contributed by atoms with Gasteiger partial charge in [-0.1, -0.05) is 17.4 Å². The topological polar surface area (TPSA) is 120 Å². The number of thiazole rings is 1. The molecule has 0 bridgehead atoms. The molecule has 1 unspecified atom stereocenters. The van der Waals surface area contributed by atoms with Crippen molar-refractivity contribution in [2.75, 3.05) is 30.0 Å². The molecule has 6 rings (SSSR count). The van der Waals surface area contributed by atoms with Crippen LogP contribution in [0.5, 0.6) is 5.75 Å². The van der Waals surface area contributed by atoms with Crippen molar-refractivity contribution in [2.24, 2.45) is 0 Å². The van der Waals surface area contributed by atoms with Crippen molar-refractivity contribution in [3.8, 4) is 5.75 Å². The number of anilines is 2. The number of carboxylic acid groups (broad SMARTS) is 1. The van der Waals surface area contributed by atoms with Crippen LogP contribution in [0.25, 0.3) is 16.0 Å². The molecule has 0 radical (unpaired) electrons. The maximum Gasteiger partial charge on any atom is 0.335 e. The van der Waals surface area contributed by atoms with Crippen molar-refractivity contribution in [1.82, 2.24) is 4.98 Å². The van der Waals surface area contributed by atoms with Crippen molar-refractivity contribution >= 4 is 67.1 Å². The Hall–Kier alpha value is -4.22. The fourth-order valence-electron chi connectivity index (χ4n) is 4.55. The number of nitrogens with zero attached hydrogens (tertiary/aromatic N) is 3. The molecule has 11 heteroatoms. The fraction of sp³-hybridized carbons (Fsp3) is 0.154. The monoisotopic (exact) mass is 533 g/mol. The van der Waals surface area contributed by atoms with Crippen LogP contribution in [0.1, 0.15) is 26.8 Å². The van der Waals surface area contributed by atoms with Gasteiger partial charge >= 0.3 is 11.9 Å². The summed E-state index contributed by atoms with van der Waals surface area (Å²) in [5.41, 5.74) is 1.75. The number of aliphatic hydroxyl groups is 1. The van der Waals surface area contributed by atoms with Crippen LogP contribution in [0.15, 0.2) is 59.5 Å². The highest BCUT2D eigenvalue weighted by Gasteiger charge is 2.48. The number of aromatic carboxylic acids is 1. The molecule has 1 saturated heterocycles. The number of aliphatic hydroxyl groups excluding tert-OH is 1. The minimum absolute atomic E-state index is 0.0303. The fourth-order valence-corrected chi connectivity index (χ4v) is 6.40. The van der Waals surface area contributed by atoms with Crippen LogP contribution in [0.2, 0.25) is 0 Å². The Balaban J connectivity index is 1.50. The average Bonchev–Trinajstić information content (AvgIpc) is 3.62. The number of thiophene rings is 1. The van der Waals surface area contributed by atoms with Gasteiger partial charge < -0.3 is 19.8 Å². The van der Waals surface area contributed by atoms with Crippen LogP contribution in [0, 0.1) is 0 Å². The highest BCUT2D eigenvalue weighted by Crippen LogP contribution is 2.46. The van der Waals surface area contributed by atoms with E-state index in [0.717, 1.165) is 17.0 Å². The van der Waals surface area contributed by atoms with E-state index in [-0.39, 0.29) is 22.0 Å². The van der Waals surface area contributed by atoms with E-state index in [1.165, 1.54) is 28.4 Å². The van der Waals surface area contributed by atoms with Gasteiger partial charge in [0.05, 0.1) is 33.6 Å². The van der Waals surface area contributed by atoms with Crippen molar-refractivity contribution in [3.63, 3.8) is 0 Å². The molecular formula is C26H19N3O6S2. The zero-order valence-electron chi connectivity index (χ0n) is 19.4. The van der Waals surface area contributed by atoms with Crippen LogP contribution in [0.4, 0.5) is 10.8 Å². The highest BCUT2D eigenvalue weighted by molar-refractivity contribution is 7.22. The van der Waals surface area contributed by atoms with Gasteiger partial charge in [0.2, 0.25) is 0 Å². The summed E-state index contributed by atoms with van der Waals surface area (Å²) in [6.45, 7) is 1.23. The molecule has 2 N–H and O–H groups in total. The Morgan fingerprint density at radius 2 is 1.92 bits per heavy atom. The van der Waals surface area contributed by atoms with E-state index in [1.807, 2.05) is 23.4 Å². The summed E-state index contributed by atoms with van der Waals surface area (Å²) in [5, 5.41) is 22.8. The second kappa shape index (κ2) is 8.71. The van der Waals surface area contributed by atoms with Crippen molar-refractivity contribution in [1.29, 1.82) is 0 Å². The number of rotatable bonds is 4. The summed E-state index contributed by atoms with van der Waals surface area (Å²) in [4.78, 5) is 46.7. The van der Waals surface area contributed by atoms with Crippen molar-refractivity contribution in [2.45, 2.75) is 6.04 Å². The predicted octanol–water partition coefficient (Wildman–Crippen LogP) is 4.51. The first-order valence-corrected chi connectivity index (χ1v) is 13.0. The molecule has 2 aromatic carbocycles. The van der Waals surface area contributed by atoms with Gasteiger partial charge in [-0.3, -0.25) is 14.5 Å². The largest absolute Gasteiger partial charge is 0.507 e. The molecule has 2 aromatic heterocycles. The van der Waals surface area contributed by atoms with Crippen molar-refractivity contribution in [3.05, 3.63) is 75.5 Å². The Bertz CT molecular complexity index is 1620. The number of amides is 1. The standard InChI is InChI=1S/C26H19N3O6S2/c1-28-8-9-35-17-7-5-13(11-16(17)28)22(30)20-21(18-3-2-10-36-18)29(24(32)23(20)31)26-27-15-6-4-14(25(33)34)12-19(15)37-26/h2-7,10-12,21,30H,8-9H2,1H3,(H,33,34)/b22-20+. The highest BCUT2D eigenvalue weighted by atomic mass is 32.1. The van der Waals surface area contributed by atoms with Crippen LogP contribution in [0.3, 0.4) is 0 Å². The molecule has 1 atom stereocenters. The van der Waals surface area contributed by atoms with Gasteiger partial charge in [-0.15, -0.1) is 11.3 Å². The van der Waals surface area contributed by atoms with E-state index >= 15 is 0 Å². The van der Waals surface area contributed by atoms with Crippen molar-refractivity contribution < 1.29 is 29.3 Å². The molecule has 4 aromatic rings. The maximum atomic E-state index is 13.4. The van der Waals surface area contributed by atoms with E-state index in [9.17, 15) is 24.6 Å². The predicted molar refractivity (Wildman–Crippen MR) is 141 cm³/mol. The summed E-state index contributed by atoms with van der Waals surface area (Å²) in [6.07, 6.45) is 0. The lowest BCUT2D eigenvalue weighted by Crippen LogP contribution is -2.29. The minimum atomic E-state index is -1.07. The molecule has 2 aliphatic rings. The lowest BCUT2D eigenvalue weighted by molar-refractivity contribution is -0.132. The van der Waals surface area contributed by atoms with E-state index in [0.29, 0.717) is 39.6 Å². The summed E-state index contributed by atoms with van der Waals surface area (Å²) < 4.78 is 6.26. The number of hydrogen-bond acceptors (Lipinski definition) is 9. The second-order valence-corrected chi connectivity index (χ2v) is 10.6. The summed E-state index contributed by atoms with van der Waals surface area (Å²) in [5.74, 6) is -2.30. The first kappa shape index (κ1) is 23.2. The number of ketones is 1. The molecular weight excluding hydrogens is 514 g/mol.